The zero-order valence-corrected chi connectivity index (χ0v) is 11.0. The highest BCUT2D eigenvalue weighted by Gasteiger charge is 2.10. The average molecular weight is 263 g/mol. The minimum atomic E-state index is -0.0165. The summed E-state index contributed by atoms with van der Waals surface area (Å²) >= 11 is 0. The lowest BCUT2D eigenvalue weighted by atomic mass is 10.1. The van der Waals surface area contributed by atoms with Crippen molar-refractivity contribution in [2.24, 2.45) is 0 Å². The molecule has 0 atom stereocenters. The van der Waals surface area contributed by atoms with Gasteiger partial charge in [-0.2, -0.15) is 0 Å². The van der Waals surface area contributed by atoms with Crippen LogP contribution >= 0.6 is 0 Å². The van der Waals surface area contributed by atoms with Crippen molar-refractivity contribution in [3.63, 3.8) is 0 Å². The molecule has 3 heteroatoms. The van der Waals surface area contributed by atoms with Gasteiger partial charge in [-0.25, -0.2) is 0 Å². The summed E-state index contributed by atoms with van der Waals surface area (Å²) in [7, 11) is 0. The van der Waals surface area contributed by atoms with E-state index in [1.807, 2.05) is 41.0 Å². The number of carbonyl (C=O) groups is 1. The number of nitrogens with zero attached hydrogens (tertiary/aromatic N) is 1. The van der Waals surface area contributed by atoms with Crippen molar-refractivity contribution in [1.82, 2.24) is 4.57 Å². The fourth-order valence-electron chi connectivity index (χ4n) is 2.40. The van der Waals surface area contributed by atoms with Gasteiger partial charge in [0.2, 0.25) is 0 Å². The molecular formula is C17H13NO2. The standard InChI is InChI=1S/C17H13NO2/c1-12(19)13-6-2-4-8-15(13)18-11-10-17(20)14-7-3-5-9-16(14)18/h2-11H,1H3. The van der Waals surface area contributed by atoms with Crippen LogP contribution in [0.4, 0.5) is 0 Å². The molecule has 3 rings (SSSR count). The Morgan fingerprint density at radius 2 is 1.65 bits per heavy atom. The SMILES string of the molecule is CC(=O)c1ccccc1-n1ccc(=O)c2ccccc21. The Morgan fingerprint density at radius 1 is 0.950 bits per heavy atom. The zero-order valence-electron chi connectivity index (χ0n) is 11.0. The maximum Gasteiger partial charge on any atom is 0.189 e. The van der Waals surface area contributed by atoms with Gasteiger partial charge in [0.25, 0.3) is 0 Å². The maximum absolute atomic E-state index is 11.9. The molecule has 0 aliphatic rings. The van der Waals surface area contributed by atoms with Gasteiger partial charge in [-0.3, -0.25) is 9.59 Å². The molecule has 2 aromatic carbocycles. The molecule has 98 valence electrons. The normalized spacial score (nSPS) is 10.7. The molecule has 0 fully saturated rings. The van der Waals surface area contributed by atoms with Crippen LogP contribution in [0.15, 0.2) is 65.6 Å². The van der Waals surface area contributed by atoms with Crippen molar-refractivity contribution in [2.75, 3.05) is 0 Å². The first-order valence-electron chi connectivity index (χ1n) is 6.39. The molecule has 0 bridgehead atoms. The second-order valence-electron chi connectivity index (χ2n) is 4.64. The Bertz CT molecular complexity index is 862. The molecular weight excluding hydrogens is 250 g/mol. The number of rotatable bonds is 2. The first kappa shape index (κ1) is 12.4. The Morgan fingerprint density at radius 3 is 2.45 bits per heavy atom. The molecule has 1 heterocycles. The van der Waals surface area contributed by atoms with Crippen molar-refractivity contribution in [2.45, 2.75) is 6.92 Å². The first-order chi connectivity index (χ1) is 9.68. The van der Waals surface area contributed by atoms with Crippen LogP contribution in [0, 0.1) is 0 Å². The van der Waals surface area contributed by atoms with Crippen LogP contribution in [0.2, 0.25) is 0 Å². The van der Waals surface area contributed by atoms with Crippen LogP contribution in [0.5, 0.6) is 0 Å². The van der Waals surface area contributed by atoms with Gasteiger partial charge in [0.15, 0.2) is 11.2 Å². The zero-order chi connectivity index (χ0) is 14.1. The van der Waals surface area contributed by atoms with Crippen molar-refractivity contribution in [3.8, 4) is 5.69 Å². The number of hydrogen-bond acceptors (Lipinski definition) is 2. The molecule has 0 unspecified atom stereocenters. The number of ketones is 1. The van der Waals surface area contributed by atoms with E-state index in [1.54, 1.807) is 25.3 Å². The maximum atomic E-state index is 11.9. The van der Waals surface area contributed by atoms with Gasteiger partial charge in [0, 0.05) is 23.2 Å². The van der Waals surface area contributed by atoms with E-state index in [4.69, 9.17) is 0 Å². The Labute approximate surface area is 116 Å². The smallest absolute Gasteiger partial charge is 0.189 e. The molecule has 0 spiro atoms. The van der Waals surface area contributed by atoms with E-state index in [0.717, 1.165) is 11.2 Å². The lowest BCUT2D eigenvalue weighted by molar-refractivity contribution is 0.101. The molecule has 3 aromatic rings. The third-order valence-corrected chi connectivity index (χ3v) is 3.35. The van der Waals surface area contributed by atoms with Gasteiger partial charge in [-0.1, -0.05) is 24.3 Å². The van der Waals surface area contributed by atoms with Gasteiger partial charge in [0.05, 0.1) is 11.2 Å². The third-order valence-electron chi connectivity index (χ3n) is 3.35. The molecule has 0 saturated carbocycles. The number of Topliss-reactive ketones (excluding diaryl/α,β-unsaturated/α-hetero) is 1. The van der Waals surface area contributed by atoms with Crippen molar-refractivity contribution >= 4 is 16.7 Å². The fourth-order valence-corrected chi connectivity index (χ4v) is 2.40. The molecule has 0 aliphatic heterocycles. The summed E-state index contributed by atoms with van der Waals surface area (Å²) in [5.41, 5.74) is 2.21. The van der Waals surface area contributed by atoms with Crippen LogP contribution in [0.25, 0.3) is 16.6 Å². The molecule has 3 nitrogen and oxygen atoms in total. The number of para-hydroxylation sites is 2. The second-order valence-corrected chi connectivity index (χ2v) is 4.64. The second kappa shape index (κ2) is 4.78. The molecule has 0 saturated heterocycles. The summed E-state index contributed by atoms with van der Waals surface area (Å²) in [6, 6.07) is 16.3. The number of aromatic nitrogens is 1. The van der Waals surface area contributed by atoms with Crippen LogP contribution in [0.1, 0.15) is 17.3 Å². The summed E-state index contributed by atoms with van der Waals surface area (Å²) in [5, 5.41) is 0.647. The van der Waals surface area contributed by atoms with E-state index in [-0.39, 0.29) is 11.2 Å². The van der Waals surface area contributed by atoms with E-state index in [2.05, 4.69) is 0 Å². The van der Waals surface area contributed by atoms with Gasteiger partial charge in [-0.15, -0.1) is 0 Å². The highest BCUT2D eigenvalue weighted by Crippen LogP contribution is 2.19. The van der Waals surface area contributed by atoms with Crippen LogP contribution in [-0.2, 0) is 0 Å². The van der Waals surface area contributed by atoms with Crippen LogP contribution < -0.4 is 5.43 Å². The molecule has 0 radical (unpaired) electrons. The molecule has 0 N–H and O–H groups in total. The van der Waals surface area contributed by atoms with Crippen LogP contribution in [0.3, 0.4) is 0 Å². The topological polar surface area (TPSA) is 39.1 Å². The van der Waals surface area contributed by atoms with Gasteiger partial charge < -0.3 is 4.57 Å². The molecule has 0 aliphatic carbocycles. The minimum Gasteiger partial charge on any atom is -0.316 e. The quantitative estimate of drug-likeness (QED) is 0.666. The summed E-state index contributed by atoms with van der Waals surface area (Å²) in [5.74, 6) is 0.00313. The number of fused-ring (bicyclic) bond motifs is 1. The molecule has 20 heavy (non-hydrogen) atoms. The van der Waals surface area contributed by atoms with E-state index in [1.165, 1.54) is 6.07 Å². The monoisotopic (exact) mass is 263 g/mol. The number of carbonyl (C=O) groups excluding carboxylic acids is 1. The van der Waals surface area contributed by atoms with Crippen molar-refractivity contribution < 1.29 is 4.79 Å². The number of pyridine rings is 1. The van der Waals surface area contributed by atoms with Crippen molar-refractivity contribution in [1.29, 1.82) is 0 Å². The van der Waals surface area contributed by atoms with Gasteiger partial charge in [0.1, 0.15) is 0 Å². The Balaban J connectivity index is 2.40. The predicted molar refractivity (Wildman–Crippen MR) is 79.5 cm³/mol. The minimum absolute atomic E-state index is 0.00313. The largest absolute Gasteiger partial charge is 0.316 e. The summed E-state index contributed by atoms with van der Waals surface area (Å²) in [6.07, 6.45) is 1.71. The average Bonchev–Trinajstić information content (AvgIpc) is 2.48. The Kier molecular flexibility index (Phi) is 2.95. The van der Waals surface area contributed by atoms with E-state index < -0.39 is 0 Å². The predicted octanol–water partition coefficient (Wildman–Crippen LogP) is 3.19. The number of benzene rings is 2. The third kappa shape index (κ3) is 1.93. The van der Waals surface area contributed by atoms with E-state index in [0.29, 0.717) is 10.9 Å². The first-order valence-corrected chi connectivity index (χ1v) is 6.39. The van der Waals surface area contributed by atoms with Gasteiger partial charge in [-0.05, 0) is 31.2 Å². The highest BCUT2D eigenvalue weighted by atomic mass is 16.1. The fraction of sp³-hybridized carbons (Fsp3) is 0.0588. The van der Waals surface area contributed by atoms with Gasteiger partial charge >= 0.3 is 0 Å². The summed E-state index contributed by atoms with van der Waals surface area (Å²) < 4.78 is 1.88. The lowest BCUT2D eigenvalue weighted by Gasteiger charge is -2.13. The van der Waals surface area contributed by atoms with Crippen LogP contribution in [-0.4, -0.2) is 10.4 Å². The lowest BCUT2D eigenvalue weighted by Crippen LogP contribution is -2.09. The summed E-state index contributed by atoms with van der Waals surface area (Å²) in [4.78, 5) is 23.7. The molecule has 1 aromatic heterocycles. The Hall–Kier alpha value is -2.68. The van der Waals surface area contributed by atoms with E-state index in [9.17, 15) is 9.59 Å². The molecule has 0 amide bonds. The van der Waals surface area contributed by atoms with E-state index >= 15 is 0 Å². The van der Waals surface area contributed by atoms with Crippen molar-refractivity contribution in [3.05, 3.63) is 76.6 Å². The summed E-state index contributed by atoms with van der Waals surface area (Å²) in [6.45, 7) is 1.55. The highest BCUT2D eigenvalue weighted by molar-refractivity contribution is 5.98. The number of hydrogen-bond donors (Lipinski definition) is 0.